The molecular formula is C9H11ClF3N. The van der Waals surface area contributed by atoms with Crippen LogP contribution < -0.4 is 0 Å². The Morgan fingerprint density at radius 3 is 2.07 bits per heavy atom. The molecule has 1 aromatic heterocycles. The normalized spacial score (nSPS) is 10.5. The molecule has 0 unspecified atom stereocenters. The van der Waals surface area contributed by atoms with Crippen molar-refractivity contribution in [1.82, 2.24) is 4.98 Å². The highest BCUT2D eigenvalue weighted by Crippen LogP contribution is 2.30. The molecule has 80 valence electrons. The molecule has 1 heterocycles. The summed E-state index contributed by atoms with van der Waals surface area (Å²) in [5.74, 6) is 0. The lowest BCUT2D eigenvalue weighted by atomic mass is 10.2. The minimum absolute atomic E-state index is 0.0758. The highest BCUT2D eigenvalue weighted by molar-refractivity contribution is 6.29. The molecule has 0 atom stereocenters. The van der Waals surface area contributed by atoms with E-state index in [4.69, 9.17) is 11.6 Å². The van der Waals surface area contributed by atoms with Gasteiger partial charge in [0.15, 0.2) is 0 Å². The fourth-order valence-electron chi connectivity index (χ4n) is 0.792. The summed E-state index contributed by atoms with van der Waals surface area (Å²) in [7, 11) is 0. The monoisotopic (exact) mass is 225 g/mol. The van der Waals surface area contributed by atoms with Gasteiger partial charge in [0, 0.05) is 0 Å². The Labute approximate surface area is 85.9 Å². The van der Waals surface area contributed by atoms with Gasteiger partial charge in [-0.25, -0.2) is 4.98 Å². The minimum atomic E-state index is -4.42. The highest BCUT2D eigenvalue weighted by Gasteiger charge is 2.34. The third-order valence-corrected chi connectivity index (χ3v) is 1.54. The standard InChI is InChI=1S/C7H5ClF3N.C2H6/c1-4-2-3-5(8)12-6(4)7(9,10)11;1-2/h2-3H,1H3;1-2H3. The van der Waals surface area contributed by atoms with E-state index in [1.165, 1.54) is 19.1 Å². The first-order valence-electron chi connectivity index (χ1n) is 4.11. The van der Waals surface area contributed by atoms with Crippen molar-refractivity contribution < 1.29 is 13.2 Å². The fraction of sp³-hybridized carbons (Fsp3) is 0.444. The third-order valence-electron chi connectivity index (χ3n) is 1.33. The van der Waals surface area contributed by atoms with Gasteiger partial charge in [-0.15, -0.1) is 0 Å². The zero-order valence-electron chi connectivity index (χ0n) is 8.11. The second kappa shape index (κ2) is 5.20. The van der Waals surface area contributed by atoms with Crippen LogP contribution in [0.2, 0.25) is 5.15 Å². The van der Waals surface area contributed by atoms with Crippen molar-refractivity contribution in [3.8, 4) is 0 Å². The van der Waals surface area contributed by atoms with Crippen LogP contribution in [-0.2, 0) is 6.18 Å². The Morgan fingerprint density at radius 1 is 1.21 bits per heavy atom. The molecule has 0 aromatic carbocycles. The van der Waals surface area contributed by atoms with Crippen LogP contribution in [0.5, 0.6) is 0 Å². The largest absolute Gasteiger partial charge is 0.433 e. The first-order chi connectivity index (χ1) is 6.41. The Kier molecular flexibility index (Phi) is 4.91. The van der Waals surface area contributed by atoms with Crippen LogP contribution >= 0.6 is 11.6 Å². The Morgan fingerprint density at radius 2 is 1.71 bits per heavy atom. The van der Waals surface area contributed by atoms with Crippen LogP contribution in [0.25, 0.3) is 0 Å². The van der Waals surface area contributed by atoms with E-state index in [9.17, 15) is 13.2 Å². The number of hydrogen-bond donors (Lipinski definition) is 0. The van der Waals surface area contributed by atoms with Crippen molar-refractivity contribution in [2.75, 3.05) is 0 Å². The quantitative estimate of drug-likeness (QED) is 0.606. The van der Waals surface area contributed by atoms with Gasteiger partial charge in [0.2, 0.25) is 0 Å². The molecular weight excluding hydrogens is 215 g/mol. The van der Waals surface area contributed by atoms with Gasteiger partial charge >= 0.3 is 6.18 Å². The molecule has 14 heavy (non-hydrogen) atoms. The zero-order chi connectivity index (χ0) is 11.4. The molecule has 0 amide bonds. The van der Waals surface area contributed by atoms with Crippen molar-refractivity contribution >= 4 is 11.6 Å². The predicted octanol–water partition coefficient (Wildman–Crippen LogP) is 4.09. The average Bonchev–Trinajstić information content (AvgIpc) is 2.11. The SMILES string of the molecule is CC.Cc1ccc(Cl)nc1C(F)(F)F. The van der Waals surface area contributed by atoms with Crippen LogP contribution in [0.15, 0.2) is 12.1 Å². The summed E-state index contributed by atoms with van der Waals surface area (Å²) in [4.78, 5) is 3.18. The predicted molar refractivity (Wildman–Crippen MR) is 50.3 cm³/mol. The Bertz CT molecular complexity index is 297. The third kappa shape index (κ3) is 3.54. The summed E-state index contributed by atoms with van der Waals surface area (Å²) in [6.07, 6.45) is -4.42. The summed E-state index contributed by atoms with van der Waals surface area (Å²) in [5.41, 5.74) is -0.845. The maximum atomic E-state index is 12.1. The lowest BCUT2D eigenvalue weighted by molar-refractivity contribution is -0.141. The van der Waals surface area contributed by atoms with Crippen molar-refractivity contribution in [3.05, 3.63) is 28.5 Å². The number of pyridine rings is 1. The molecule has 0 radical (unpaired) electrons. The molecule has 0 spiro atoms. The van der Waals surface area contributed by atoms with E-state index < -0.39 is 11.9 Å². The van der Waals surface area contributed by atoms with Gasteiger partial charge in [0.25, 0.3) is 0 Å². The lowest BCUT2D eigenvalue weighted by Crippen LogP contribution is -2.10. The summed E-state index contributed by atoms with van der Waals surface area (Å²) in [6.45, 7) is 5.34. The van der Waals surface area contributed by atoms with Gasteiger partial charge in [0.1, 0.15) is 10.8 Å². The first-order valence-corrected chi connectivity index (χ1v) is 4.49. The number of aryl methyl sites for hydroxylation is 1. The molecule has 0 bridgehead atoms. The smallest absolute Gasteiger partial charge is 0.231 e. The van der Waals surface area contributed by atoms with Crippen LogP contribution in [0, 0.1) is 6.92 Å². The summed E-state index contributed by atoms with van der Waals surface area (Å²) < 4.78 is 36.3. The summed E-state index contributed by atoms with van der Waals surface area (Å²) in [5, 5.41) is -0.145. The van der Waals surface area contributed by atoms with Crippen molar-refractivity contribution in [2.24, 2.45) is 0 Å². The van der Waals surface area contributed by atoms with E-state index >= 15 is 0 Å². The summed E-state index contributed by atoms with van der Waals surface area (Å²) in [6, 6.07) is 2.62. The van der Waals surface area contributed by atoms with E-state index in [2.05, 4.69) is 4.98 Å². The number of hydrogen-bond acceptors (Lipinski definition) is 1. The van der Waals surface area contributed by atoms with E-state index in [0.29, 0.717) is 0 Å². The summed E-state index contributed by atoms with van der Waals surface area (Å²) >= 11 is 5.31. The first kappa shape index (κ1) is 13.2. The van der Waals surface area contributed by atoms with Gasteiger partial charge in [-0.05, 0) is 18.6 Å². The van der Waals surface area contributed by atoms with Gasteiger partial charge in [0.05, 0.1) is 0 Å². The topological polar surface area (TPSA) is 12.9 Å². The van der Waals surface area contributed by atoms with Crippen molar-refractivity contribution in [2.45, 2.75) is 26.9 Å². The molecule has 1 rings (SSSR count). The maximum Gasteiger partial charge on any atom is 0.433 e. The molecule has 1 aromatic rings. The molecule has 0 saturated heterocycles. The average molecular weight is 226 g/mol. The maximum absolute atomic E-state index is 12.1. The molecule has 0 aliphatic heterocycles. The fourth-order valence-corrected chi connectivity index (χ4v) is 0.939. The van der Waals surface area contributed by atoms with Crippen LogP contribution in [-0.4, -0.2) is 4.98 Å². The van der Waals surface area contributed by atoms with Crippen molar-refractivity contribution in [1.29, 1.82) is 0 Å². The molecule has 0 aliphatic carbocycles. The number of rotatable bonds is 0. The minimum Gasteiger partial charge on any atom is -0.231 e. The number of aromatic nitrogens is 1. The van der Waals surface area contributed by atoms with E-state index in [0.717, 1.165) is 0 Å². The second-order valence-electron chi connectivity index (χ2n) is 2.30. The second-order valence-corrected chi connectivity index (χ2v) is 2.68. The van der Waals surface area contributed by atoms with Gasteiger partial charge < -0.3 is 0 Å². The van der Waals surface area contributed by atoms with E-state index in [-0.39, 0.29) is 10.7 Å². The number of halogens is 4. The number of nitrogens with zero attached hydrogens (tertiary/aromatic N) is 1. The molecule has 0 N–H and O–H groups in total. The molecule has 1 nitrogen and oxygen atoms in total. The van der Waals surface area contributed by atoms with Gasteiger partial charge in [-0.1, -0.05) is 31.5 Å². The number of alkyl halides is 3. The van der Waals surface area contributed by atoms with Crippen LogP contribution in [0.4, 0.5) is 13.2 Å². The molecule has 0 fully saturated rings. The lowest BCUT2D eigenvalue weighted by Gasteiger charge is -2.08. The Balaban J connectivity index is 0.000000791. The molecule has 0 saturated carbocycles. The highest BCUT2D eigenvalue weighted by atomic mass is 35.5. The van der Waals surface area contributed by atoms with E-state index in [1.807, 2.05) is 13.8 Å². The van der Waals surface area contributed by atoms with Gasteiger partial charge in [-0.2, -0.15) is 13.2 Å². The van der Waals surface area contributed by atoms with Crippen molar-refractivity contribution in [3.63, 3.8) is 0 Å². The van der Waals surface area contributed by atoms with E-state index in [1.54, 1.807) is 0 Å². The zero-order valence-corrected chi connectivity index (χ0v) is 8.87. The molecule has 0 aliphatic rings. The molecule has 5 heteroatoms. The Hall–Kier alpha value is -0.770. The van der Waals surface area contributed by atoms with Gasteiger partial charge in [-0.3, -0.25) is 0 Å². The van der Waals surface area contributed by atoms with Crippen LogP contribution in [0.3, 0.4) is 0 Å². The van der Waals surface area contributed by atoms with Crippen LogP contribution in [0.1, 0.15) is 25.1 Å².